The molecule has 1 heterocycles. The number of aromatic nitrogens is 2. The Bertz CT molecular complexity index is 630. The number of nitrogens with one attached hydrogen (secondary N) is 2. The lowest BCUT2D eigenvalue weighted by Crippen LogP contribution is -2.42. The van der Waals surface area contributed by atoms with Gasteiger partial charge in [-0.25, -0.2) is 9.98 Å². The quantitative estimate of drug-likeness (QED) is 0.400. The van der Waals surface area contributed by atoms with E-state index in [0.717, 1.165) is 19.0 Å². The highest BCUT2D eigenvalue weighted by atomic mass is 127. The zero-order valence-corrected chi connectivity index (χ0v) is 17.1. The molecule has 0 aliphatic heterocycles. The van der Waals surface area contributed by atoms with Crippen molar-refractivity contribution in [1.29, 1.82) is 0 Å². The van der Waals surface area contributed by atoms with E-state index in [1.54, 1.807) is 0 Å². The number of halogens is 1. The Morgan fingerprint density at radius 1 is 1.20 bits per heavy atom. The fraction of sp³-hybridized carbons (Fsp3) is 0.474. The molecular weight excluding hydrogens is 425 g/mol. The number of hydrogen-bond acceptors (Lipinski definition) is 2. The second-order valence-corrected chi connectivity index (χ2v) is 6.37. The molecule has 1 aromatic heterocycles. The third-order valence-electron chi connectivity index (χ3n) is 4.41. The Labute approximate surface area is 167 Å². The highest BCUT2D eigenvalue weighted by Gasteiger charge is 2.15. The van der Waals surface area contributed by atoms with Crippen LogP contribution in [0.2, 0.25) is 0 Å². The topological polar surface area (TPSA) is 54.2 Å². The second-order valence-electron chi connectivity index (χ2n) is 6.37. The van der Waals surface area contributed by atoms with Gasteiger partial charge in [-0.3, -0.25) is 0 Å². The van der Waals surface area contributed by atoms with Gasteiger partial charge in [0.25, 0.3) is 0 Å². The molecule has 1 aliphatic rings. The van der Waals surface area contributed by atoms with Crippen LogP contribution in [0.4, 0.5) is 0 Å². The minimum atomic E-state index is 0. The summed E-state index contributed by atoms with van der Waals surface area (Å²) in [4.78, 5) is 8.81. The zero-order chi connectivity index (χ0) is 16.6. The molecule has 2 aromatic rings. The molecule has 1 saturated carbocycles. The summed E-state index contributed by atoms with van der Waals surface area (Å²) < 4.78 is 2.07. The van der Waals surface area contributed by atoms with Crippen molar-refractivity contribution in [3.63, 3.8) is 0 Å². The summed E-state index contributed by atoms with van der Waals surface area (Å²) in [7, 11) is 0. The molecule has 0 saturated heterocycles. The number of benzene rings is 1. The molecule has 3 rings (SSSR count). The summed E-state index contributed by atoms with van der Waals surface area (Å²) >= 11 is 0. The van der Waals surface area contributed by atoms with Gasteiger partial charge in [-0.05, 0) is 30.9 Å². The van der Waals surface area contributed by atoms with Crippen LogP contribution in [-0.4, -0.2) is 28.1 Å². The molecule has 5 nitrogen and oxygen atoms in total. The minimum Gasteiger partial charge on any atom is -0.357 e. The van der Waals surface area contributed by atoms with Crippen LogP contribution >= 0.6 is 24.0 Å². The zero-order valence-electron chi connectivity index (χ0n) is 14.8. The highest BCUT2D eigenvalue weighted by Crippen LogP contribution is 2.17. The second kappa shape index (κ2) is 10.4. The van der Waals surface area contributed by atoms with Gasteiger partial charge in [-0.15, -0.1) is 24.0 Å². The van der Waals surface area contributed by atoms with Crippen LogP contribution < -0.4 is 10.6 Å². The Balaban J connectivity index is 0.00000225. The van der Waals surface area contributed by atoms with Crippen LogP contribution in [0.3, 0.4) is 0 Å². The summed E-state index contributed by atoms with van der Waals surface area (Å²) in [6, 6.07) is 9.24. The van der Waals surface area contributed by atoms with Crippen LogP contribution in [0.15, 0.2) is 48.0 Å². The van der Waals surface area contributed by atoms with Crippen LogP contribution in [-0.2, 0) is 13.1 Å². The summed E-state index contributed by atoms with van der Waals surface area (Å²) in [5, 5.41) is 6.91. The van der Waals surface area contributed by atoms with Gasteiger partial charge < -0.3 is 15.2 Å². The molecule has 0 unspecified atom stereocenters. The van der Waals surface area contributed by atoms with E-state index in [-0.39, 0.29) is 24.0 Å². The van der Waals surface area contributed by atoms with Crippen molar-refractivity contribution >= 4 is 29.9 Å². The van der Waals surface area contributed by atoms with Crippen LogP contribution in [0.1, 0.15) is 43.7 Å². The van der Waals surface area contributed by atoms with Gasteiger partial charge in [0.05, 0.1) is 12.9 Å². The van der Waals surface area contributed by atoms with E-state index < -0.39 is 0 Å². The molecule has 6 heteroatoms. The first-order valence-corrected chi connectivity index (χ1v) is 8.92. The number of imidazole rings is 1. The van der Waals surface area contributed by atoms with Gasteiger partial charge in [-0.2, -0.15) is 0 Å². The number of rotatable bonds is 6. The summed E-state index contributed by atoms with van der Waals surface area (Å²) in [6.07, 6.45) is 10.8. The van der Waals surface area contributed by atoms with Gasteiger partial charge >= 0.3 is 0 Å². The van der Waals surface area contributed by atoms with Crippen LogP contribution in [0.25, 0.3) is 0 Å². The molecule has 0 amide bonds. The van der Waals surface area contributed by atoms with Crippen molar-refractivity contribution in [2.24, 2.45) is 4.99 Å². The molecule has 136 valence electrons. The first kappa shape index (κ1) is 19.8. The Morgan fingerprint density at radius 2 is 1.92 bits per heavy atom. The molecule has 0 atom stereocenters. The number of nitrogens with zero attached hydrogens (tertiary/aromatic N) is 3. The van der Waals surface area contributed by atoms with Crippen LogP contribution in [0.5, 0.6) is 0 Å². The van der Waals surface area contributed by atoms with Gasteiger partial charge in [0.15, 0.2) is 5.96 Å². The molecule has 1 aliphatic carbocycles. The normalized spacial score (nSPS) is 15.0. The van der Waals surface area contributed by atoms with Crippen LogP contribution in [0, 0.1) is 0 Å². The van der Waals surface area contributed by atoms with Crippen molar-refractivity contribution < 1.29 is 0 Å². The summed E-state index contributed by atoms with van der Waals surface area (Å²) in [5.41, 5.74) is 2.50. The molecule has 0 spiro atoms. The van der Waals surface area contributed by atoms with Gasteiger partial charge in [0.1, 0.15) is 0 Å². The number of aliphatic imine (C=N–C) groups is 1. The smallest absolute Gasteiger partial charge is 0.191 e. The van der Waals surface area contributed by atoms with E-state index >= 15 is 0 Å². The van der Waals surface area contributed by atoms with Crippen molar-refractivity contribution in [2.75, 3.05) is 6.54 Å². The van der Waals surface area contributed by atoms with E-state index in [2.05, 4.69) is 51.4 Å². The Hall–Kier alpha value is -1.57. The maximum atomic E-state index is 4.73. The third-order valence-corrected chi connectivity index (χ3v) is 4.41. The van der Waals surface area contributed by atoms with Gasteiger partial charge in [0, 0.05) is 31.5 Å². The first-order valence-electron chi connectivity index (χ1n) is 8.92. The maximum Gasteiger partial charge on any atom is 0.191 e. The lowest BCUT2D eigenvalue weighted by atomic mass is 10.1. The molecule has 25 heavy (non-hydrogen) atoms. The van der Waals surface area contributed by atoms with Crippen molar-refractivity contribution in [1.82, 2.24) is 20.2 Å². The summed E-state index contributed by atoms with van der Waals surface area (Å²) in [6.45, 7) is 4.56. The molecule has 0 radical (unpaired) electrons. The molecular formula is C19H28IN5. The molecule has 1 aromatic carbocycles. The lowest BCUT2D eigenvalue weighted by Gasteiger charge is -2.16. The van der Waals surface area contributed by atoms with E-state index in [4.69, 9.17) is 4.99 Å². The van der Waals surface area contributed by atoms with E-state index in [1.165, 1.54) is 36.8 Å². The van der Waals surface area contributed by atoms with Crippen molar-refractivity contribution in [3.8, 4) is 0 Å². The molecule has 2 N–H and O–H groups in total. The van der Waals surface area contributed by atoms with E-state index in [1.807, 2.05) is 18.7 Å². The van der Waals surface area contributed by atoms with E-state index in [0.29, 0.717) is 12.6 Å². The predicted octanol–water partition coefficient (Wildman–Crippen LogP) is 3.55. The van der Waals surface area contributed by atoms with Gasteiger partial charge in [-0.1, -0.05) is 37.1 Å². The highest BCUT2D eigenvalue weighted by molar-refractivity contribution is 14.0. The SMILES string of the molecule is CCNC(=NCc1ccc(Cn2ccnc2)cc1)NC1CCCC1.I. The summed E-state index contributed by atoms with van der Waals surface area (Å²) in [5.74, 6) is 0.937. The largest absolute Gasteiger partial charge is 0.357 e. The third kappa shape index (κ3) is 6.34. The first-order chi connectivity index (χ1) is 11.8. The number of hydrogen-bond donors (Lipinski definition) is 2. The average Bonchev–Trinajstić information content (AvgIpc) is 3.28. The Kier molecular flexibility index (Phi) is 8.24. The number of guanidine groups is 1. The lowest BCUT2D eigenvalue weighted by molar-refractivity contribution is 0.614. The standard InChI is InChI=1S/C19H27N5.HI/c1-2-21-19(23-18-5-3-4-6-18)22-13-16-7-9-17(10-8-16)14-24-12-11-20-15-24;/h7-12,15,18H,2-6,13-14H2,1H3,(H2,21,22,23);1H. The van der Waals surface area contributed by atoms with E-state index in [9.17, 15) is 0 Å². The maximum absolute atomic E-state index is 4.73. The Morgan fingerprint density at radius 3 is 2.56 bits per heavy atom. The molecule has 1 fully saturated rings. The monoisotopic (exact) mass is 453 g/mol. The molecule has 0 bridgehead atoms. The van der Waals surface area contributed by atoms with Crippen molar-refractivity contribution in [3.05, 3.63) is 54.1 Å². The fourth-order valence-corrected chi connectivity index (χ4v) is 3.10. The fourth-order valence-electron chi connectivity index (χ4n) is 3.10. The minimum absolute atomic E-state index is 0. The average molecular weight is 453 g/mol. The predicted molar refractivity (Wildman–Crippen MR) is 113 cm³/mol. The van der Waals surface area contributed by atoms with Crippen molar-refractivity contribution in [2.45, 2.75) is 51.7 Å². The van der Waals surface area contributed by atoms with Gasteiger partial charge in [0.2, 0.25) is 0 Å².